The maximum absolute atomic E-state index is 12.0. The summed E-state index contributed by atoms with van der Waals surface area (Å²) < 4.78 is 24.0. The summed E-state index contributed by atoms with van der Waals surface area (Å²) in [4.78, 5) is 0.315. The van der Waals surface area contributed by atoms with Gasteiger partial charge in [-0.25, -0.2) is 8.42 Å². The summed E-state index contributed by atoms with van der Waals surface area (Å²) in [6.07, 6.45) is 2.64. The summed E-state index contributed by atoms with van der Waals surface area (Å²) in [5.41, 5.74) is 0.629. The minimum absolute atomic E-state index is 0.0713. The minimum Gasteiger partial charge on any atom is -0.389 e. The first kappa shape index (κ1) is 11.4. The summed E-state index contributed by atoms with van der Waals surface area (Å²) in [7, 11) is -3.30. The van der Waals surface area contributed by atoms with Gasteiger partial charge < -0.3 is 5.11 Å². The van der Waals surface area contributed by atoms with E-state index in [1.54, 1.807) is 30.3 Å². The molecule has 3 nitrogen and oxygen atoms in total. The molecule has 1 aromatic rings. The Labute approximate surface area is 95.3 Å². The van der Waals surface area contributed by atoms with Crippen molar-refractivity contribution in [3.8, 4) is 0 Å². The van der Waals surface area contributed by atoms with Crippen molar-refractivity contribution in [3.63, 3.8) is 0 Å². The summed E-state index contributed by atoms with van der Waals surface area (Å²) >= 11 is 0. The first-order chi connectivity index (χ1) is 7.59. The number of hydrogen-bond acceptors (Lipinski definition) is 3. The molecule has 0 heterocycles. The van der Waals surface area contributed by atoms with E-state index < -0.39 is 15.9 Å². The molecular weight excluding hydrogens is 224 g/mol. The van der Waals surface area contributed by atoms with Crippen LogP contribution < -0.4 is 0 Å². The molecule has 1 aliphatic rings. The second kappa shape index (κ2) is 4.39. The fraction of sp³-hybridized carbons (Fsp3) is 0.333. The molecule has 0 radical (unpaired) electrons. The third kappa shape index (κ3) is 2.33. The molecule has 0 aromatic heterocycles. The van der Waals surface area contributed by atoms with Crippen molar-refractivity contribution >= 4 is 9.84 Å². The summed E-state index contributed by atoms with van der Waals surface area (Å²) in [5, 5.41) is 9.57. The molecule has 0 bridgehead atoms. The zero-order valence-electron chi connectivity index (χ0n) is 8.83. The van der Waals surface area contributed by atoms with Gasteiger partial charge in [0.2, 0.25) is 0 Å². The molecule has 0 aliphatic heterocycles. The van der Waals surface area contributed by atoms with Gasteiger partial charge in [-0.2, -0.15) is 0 Å². The Bertz CT molecular complexity index is 488. The lowest BCUT2D eigenvalue weighted by Gasteiger charge is -2.09. The lowest BCUT2D eigenvalue weighted by atomic mass is 10.2. The lowest BCUT2D eigenvalue weighted by molar-refractivity contribution is 0.212. The average Bonchev–Trinajstić information content (AvgIpc) is 2.65. The number of sulfone groups is 1. The molecule has 86 valence electrons. The van der Waals surface area contributed by atoms with E-state index in [2.05, 4.69) is 0 Å². The van der Waals surface area contributed by atoms with Crippen LogP contribution in [-0.4, -0.2) is 25.4 Å². The number of aliphatic hydroxyl groups excluding tert-OH is 1. The number of benzene rings is 1. The van der Waals surface area contributed by atoms with Crippen LogP contribution in [0, 0.1) is 0 Å². The van der Waals surface area contributed by atoms with Crippen LogP contribution in [0.15, 0.2) is 46.9 Å². The molecule has 0 spiro atoms. The quantitative estimate of drug-likeness (QED) is 0.813. The van der Waals surface area contributed by atoms with Crippen molar-refractivity contribution in [1.82, 2.24) is 0 Å². The van der Waals surface area contributed by atoms with Gasteiger partial charge in [0.25, 0.3) is 0 Å². The van der Waals surface area contributed by atoms with Crippen LogP contribution >= 0.6 is 0 Å². The predicted molar refractivity (Wildman–Crippen MR) is 61.8 cm³/mol. The largest absolute Gasteiger partial charge is 0.389 e. The highest BCUT2D eigenvalue weighted by Crippen LogP contribution is 2.22. The molecule has 0 saturated carbocycles. The zero-order chi connectivity index (χ0) is 11.6. The molecule has 0 saturated heterocycles. The third-order valence-electron chi connectivity index (χ3n) is 2.73. The molecular formula is C12H14O3S. The van der Waals surface area contributed by atoms with Gasteiger partial charge in [-0.05, 0) is 30.5 Å². The molecule has 1 atom stereocenters. The first-order valence-corrected chi connectivity index (χ1v) is 6.89. The second-order valence-corrected chi connectivity index (χ2v) is 5.93. The fourth-order valence-corrected chi connectivity index (χ4v) is 3.32. The maximum atomic E-state index is 12.0. The highest BCUT2D eigenvalue weighted by Gasteiger charge is 2.23. The van der Waals surface area contributed by atoms with Crippen molar-refractivity contribution in [2.24, 2.45) is 0 Å². The van der Waals surface area contributed by atoms with E-state index in [1.165, 1.54) is 0 Å². The van der Waals surface area contributed by atoms with Crippen LogP contribution in [0.3, 0.4) is 0 Å². The molecule has 1 unspecified atom stereocenters. The van der Waals surface area contributed by atoms with E-state index in [1.807, 2.05) is 6.08 Å². The molecule has 0 amide bonds. The van der Waals surface area contributed by atoms with E-state index in [-0.39, 0.29) is 5.75 Å². The van der Waals surface area contributed by atoms with E-state index in [0.29, 0.717) is 16.9 Å². The van der Waals surface area contributed by atoms with Gasteiger partial charge in [-0.3, -0.25) is 0 Å². The third-order valence-corrected chi connectivity index (χ3v) is 4.44. The van der Waals surface area contributed by atoms with Crippen molar-refractivity contribution in [3.05, 3.63) is 42.0 Å². The Morgan fingerprint density at radius 3 is 2.50 bits per heavy atom. The number of rotatable bonds is 3. The first-order valence-electron chi connectivity index (χ1n) is 5.24. The predicted octanol–water partition coefficient (Wildman–Crippen LogP) is 1.54. The lowest BCUT2D eigenvalue weighted by Crippen LogP contribution is -2.15. The van der Waals surface area contributed by atoms with Crippen LogP contribution in [-0.2, 0) is 9.84 Å². The van der Waals surface area contributed by atoms with Gasteiger partial charge in [0.1, 0.15) is 0 Å². The normalized spacial score (nSPS) is 20.8. The Morgan fingerprint density at radius 1 is 1.25 bits per heavy atom. The summed E-state index contributed by atoms with van der Waals surface area (Å²) in [5.74, 6) is -0.0713. The van der Waals surface area contributed by atoms with Crippen molar-refractivity contribution in [1.29, 1.82) is 0 Å². The van der Waals surface area contributed by atoms with E-state index in [4.69, 9.17) is 0 Å². The minimum atomic E-state index is -3.30. The van der Waals surface area contributed by atoms with Gasteiger partial charge in [-0.1, -0.05) is 24.3 Å². The number of hydrogen-bond donors (Lipinski definition) is 1. The van der Waals surface area contributed by atoms with Gasteiger partial charge in [0.15, 0.2) is 9.84 Å². The van der Waals surface area contributed by atoms with Crippen molar-refractivity contribution < 1.29 is 13.5 Å². The van der Waals surface area contributed by atoms with Gasteiger partial charge in [0, 0.05) is 0 Å². The standard InChI is InChI=1S/C12H14O3S/c13-12-8-4-5-10(12)9-16(14,15)11-6-2-1-3-7-11/h1-3,5-7,12-13H,4,8-9H2. The molecule has 0 fully saturated rings. The van der Waals surface area contributed by atoms with Crippen LogP contribution in [0.25, 0.3) is 0 Å². The fourth-order valence-electron chi connectivity index (χ4n) is 1.83. The van der Waals surface area contributed by atoms with Gasteiger partial charge in [-0.15, -0.1) is 0 Å². The topological polar surface area (TPSA) is 54.4 Å². The molecule has 1 aliphatic carbocycles. The van der Waals surface area contributed by atoms with Crippen LogP contribution in [0.5, 0.6) is 0 Å². The molecule has 1 N–H and O–H groups in total. The average molecular weight is 238 g/mol. The monoisotopic (exact) mass is 238 g/mol. The molecule has 2 rings (SSSR count). The van der Waals surface area contributed by atoms with Crippen molar-refractivity contribution in [2.75, 3.05) is 5.75 Å². The smallest absolute Gasteiger partial charge is 0.182 e. The highest BCUT2D eigenvalue weighted by molar-refractivity contribution is 7.91. The SMILES string of the molecule is O=S(=O)(CC1=CCCC1O)c1ccccc1. The molecule has 1 aromatic carbocycles. The highest BCUT2D eigenvalue weighted by atomic mass is 32.2. The maximum Gasteiger partial charge on any atom is 0.182 e. The molecule has 16 heavy (non-hydrogen) atoms. The van der Waals surface area contributed by atoms with Crippen LogP contribution in [0.4, 0.5) is 0 Å². The summed E-state index contributed by atoms with van der Waals surface area (Å²) in [6, 6.07) is 8.34. The van der Waals surface area contributed by atoms with Crippen LogP contribution in [0.1, 0.15) is 12.8 Å². The second-order valence-electron chi connectivity index (χ2n) is 3.94. The van der Waals surface area contributed by atoms with Gasteiger partial charge >= 0.3 is 0 Å². The van der Waals surface area contributed by atoms with Crippen LogP contribution in [0.2, 0.25) is 0 Å². The summed E-state index contributed by atoms with van der Waals surface area (Å²) in [6.45, 7) is 0. The number of allylic oxidation sites excluding steroid dienone is 1. The number of aliphatic hydroxyl groups is 1. The van der Waals surface area contributed by atoms with Crippen molar-refractivity contribution in [2.45, 2.75) is 23.8 Å². The Kier molecular flexibility index (Phi) is 3.12. The molecule has 4 heteroatoms. The zero-order valence-corrected chi connectivity index (χ0v) is 9.65. The van der Waals surface area contributed by atoms with Gasteiger partial charge in [0.05, 0.1) is 16.8 Å². The Morgan fingerprint density at radius 2 is 1.94 bits per heavy atom. The Balaban J connectivity index is 2.22. The van der Waals surface area contributed by atoms with E-state index >= 15 is 0 Å². The Hall–Kier alpha value is -1.13. The van der Waals surface area contributed by atoms with E-state index in [0.717, 1.165) is 6.42 Å². The van der Waals surface area contributed by atoms with E-state index in [9.17, 15) is 13.5 Å².